The number of amides is 4. The number of carbonyl (C=O) groups is 4. The van der Waals surface area contributed by atoms with Gasteiger partial charge in [-0.05, 0) is 93.8 Å². The van der Waals surface area contributed by atoms with Gasteiger partial charge < -0.3 is 9.32 Å². The van der Waals surface area contributed by atoms with E-state index in [4.69, 9.17) is 4.42 Å². The molecule has 0 aromatic heterocycles. The average molecular weight is 950 g/mol. The van der Waals surface area contributed by atoms with Crippen LogP contribution < -0.4 is 14.8 Å². The molecule has 0 saturated heterocycles. The fourth-order valence-corrected chi connectivity index (χ4v) is 11.0. The average Bonchev–Trinajstić information content (AvgIpc) is 3.74. The first-order valence-corrected chi connectivity index (χ1v) is 24.6. The zero-order chi connectivity index (χ0) is 49.0. The Morgan fingerprint density at radius 2 is 1.07 bits per heavy atom. The molecule has 0 radical (unpaired) electrons. The monoisotopic (exact) mass is 949 g/mol. The Labute approximate surface area is 405 Å². The molecule has 3 aliphatic heterocycles. The number of benzene rings is 7. The van der Waals surface area contributed by atoms with E-state index in [-0.39, 0.29) is 47.2 Å². The minimum atomic E-state index is -4.69. The van der Waals surface area contributed by atoms with E-state index in [2.05, 4.69) is 9.48 Å². The standard InChI is InChI=1S/C57H48N4O8S/c1-35-15-11-16-36(2)52(35)58(29-13-31-60-54(62)41-19-5-6-20-42(41)55(60)63)39-25-27-45-48(33-39)69-49-34-40(26-28-46(49)51(45)47-23-9-10-24-50(47)70(66,67)68)59(53-37(3)17-12-18-38(53)4)30-14-32-61-56(64)43-21-7-8-22-44(43)57(61)65/h5-12,15-28,33-34H,13-14,29-32H2,1-4H3/p+1. The molecular weight excluding hydrogens is 901 g/mol. The number of para-hydroxylation sites is 2. The van der Waals surface area contributed by atoms with Crippen molar-refractivity contribution in [1.29, 1.82) is 0 Å². The summed E-state index contributed by atoms with van der Waals surface area (Å²) in [6.07, 6.45) is 0.896. The number of rotatable bonds is 13. The number of nitrogens with zero attached hydrogens (tertiary/aromatic N) is 4. The van der Waals surface area contributed by atoms with Crippen molar-refractivity contribution in [3.05, 3.63) is 195 Å². The maximum atomic E-state index is 13.4. The van der Waals surface area contributed by atoms with E-state index in [1.54, 1.807) is 66.7 Å². The van der Waals surface area contributed by atoms with Crippen LogP contribution in [0.25, 0.3) is 33.4 Å². The molecule has 10 rings (SSSR count). The first-order valence-electron chi connectivity index (χ1n) is 23.2. The Bertz CT molecular complexity index is 3540. The van der Waals surface area contributed by atoms with E-state index in [1.165, 1.54) is 15.9 Å². The number of hydrogen-bond acceptors (Lipinski definition) is 8. The summed E-state index contributed by atoms with van der Waals surface area (Å²) < 4.78 is 45.8. The normalized spacial score (nSPS) is 14.0. The van der Waals surface area contributed by atoms with Crippen LogP contribution >= 0.6 is 0 Å². The summed E-state index contributed by atoms with van der Waals surface area (Å²) in [5.74, 6) is -0.820. The van der Waals surface area contributed by atoms with Crippen molar-refractivity contribution in [2.75, 3.05) is 31.1 Å². The predicted octanol–water partition coefficient (Wildman–Crippen LogP) is 10.3. The van der Waals surface area contributed by atoms with Gasteiger partial charge in [-0.2, -0.15) is 13.0 Å². The van der Waals surface area contributed by atoms with E-state index < -0.39 is 10.1 Å². The molecular formula is C57H49N4O8S+. The lowest BCUT2D eigenvalue weighted by atomic mass is 9.93. The molecule has 350 valence electrons. The van der Waals surface area contributed by atoms with Crippen molar-refractivity contribution in [3.8, 4) is 22.5 Å². The Balaban J connectivity index is 1.12. The van der Waals surface area contributed by atoms with Gasteiger partial charge in [0.15, 0.2) is 6.54 Å². The maximum absolute atomic E-state index is 13.4. The van der Waals surface area contributed by atoms with Crippen LogP contribution in [0.5, 0.6) is 0 Å². The molecule has 0 atom stereocenters. The SMILES string of the molecule is Cc1cccc(C)c1N(CCCN1C(=O)c2ccccc2C1=O)c1ccc2c(-c3ccccc3S(=O)(=O)O)c3ccc(=[N+](CCCN4C(=O)c5ccccc5C4=O)c4c(C)cccc4C)cc-3oc2c1. The second-order valence-electron chi connectivity index (χ2n) is 17.9. The molecule has 12 nitrogen and oxygen atoms in total. The van der Waals surface area contributed by atoms with Gasteiger partial charge in [-0.3, -0.25) is 33.5 Å². The van der Waals surface area contributed by atoms with Crippen LogP contribution in [0.4, 0.5) is 17.1 Å². The third-order valence-corrected chi connectivity index (χ3v) is 14.4. The van der Waals surface area contributed by atoms with Crippen molar-refractivity contribution < 1.29 is 36.6 Å². The van der Waals surface area contributed by atoms with Crippen LogP contribution in [-0.2, 0) is 10.1 Å². The van der Waals surface area contributed by atoms with E-state index in [9.17, 15) is 32.1 Å². The van der Waals surface area contributed by atoms with Gasteiger partial charge in [-0.15, -0.1) is 0 Å². The van der Waals surface area contributed by atoms with Gasteiger partial charge in [0.05, 0.1) is 28.3 Å². The molecule has 70 heavy (non-hydrogen) atoms. The summed E-state index contributed by atoms with van der Waals surface area (Å²) >= 11 is 0. The Morgan fingerprint density at radius 1 is 0.557 bits per heavy atom. The fourth-order valence-electron chi connectivity index (χ4n) is 10.3. The molecule has 4 amide bonds. The highest BCUT2D eigenvalue weighted by Crippen LogP contribution is 2.44. The molecule has 0 saturated carbocycles. The van der Waals surface area contributed by atoms with Crippen molar-refractivity contribution in [3.63, 3.8) is 0 Å². The zero-order valence-corrected chi connectivity index (χ0v) is 39.9. The fraction of sp³-hybridized carbons (Fsp3) is 0.175. The Kier molecular flexibility index (Phi) is 11.9. The van der Waals surface area contributed by atoms with E-state index in [0.29, 0.717) is 76.0 Å². The lowest BCUT2D eigenvalue weighted by molar-refractivity contribution is 0.0637. The number of imide groups is 2. The van der Waals surface area contributed by atoms with Crippen LogP contribution in [0.2, 0.25) is 0 Å². The number of fused-ring (bicyclic) bond motifs is 4. The second kappa shape index (κ2) is 18.1. The van der Waals surface area contributed by atoms with E-state index >= 15 is 0 Å². The molecule has 6 aromatic carbocycles. The van der Waals surface area contributed by atoms with Gasteiger partial charge in [-0.1, -0.05) is 78.9 Å². The second-order valence-corrected chi connectivity index (χ2v) is 19.3. The molecule has 13 heteroatoms. The van der Waals surface area contributed by atoms with Gasteiger partial charge in [0.1, 0.15) is 16.2 Å². The summed E-state index contributed by atoms with van der Waals surface area (Å²) in [5, 5.41) is 1.35. The third kappa shape index (κ3) is 8.06. The van der Waals surface area contributed by atoms with Crippen LogP contribution in [-0.4, -0.2) is 72.6 Å². The molecule has 0 bridgehead atoms. The van der Waals surface area contributed by atoms with E-state index in [0.717, 1.165) is 44.7 Å². The van der Waals surface area contributed by atoms with Crippen LogP contribution in [0.3, 0.4) is 0 Å². The topological polar surface area (TPSA) is 149 Å². The summed E-state index contributed by atoms with van der Waals surface area (Å²) in [5.41, 5.74) is 10.2. The van der Waals surface area contributed by atoms with Gasteiger partial charge in [0.2, 0.25) is 11.0 Å². The molecule has 4 aliphatic rings. The van der Waals surface area contributed by atoms with Gasteiger partial charge >= 0.3 is 0 Å². The number of aryl methyl sites for hydroxylation is 4. The maximum Gasteiger partial charge on any atom is 0.295 e. The lowest BCUT2D eigenvalue weighted by Crippen LogP contribution is -2.34. The molecule has 0 spiro atoms. The molecule has 1 N–H and O–H groups in total. The summed E-state index contributed by atoms with van der Waals surface area (Å²) in [6.45, 7) is 9.38. The van der Waals surface area contributed by atoms with Crippen molar-refractivity contribution >= 4 is 61.8 Å². The Hall–Kier alpha value is -8.00. The summed E-state index contributed by atoms with van der Waals surface area (Å²) in [6, 6.07) is 43.7. The number of carbonyl (C=O) groups excluding carboxylic acids is 4. The largest absolute Gasteiger partial charge is 0.456 e. The molecule has 0 unspecified atom stereocenters. The smallest absolute Gasteiger partial charge is 0.295 e. The number of anilines is 2. The number of hydrogen-bond donors (Lipinski definition) is 1. The van der Waals surface area contributed by atoms with Crippen LogP contribution in [0.1, 0.15) is 76.5 Å². The highest BCUT2D eigenvalue weighted by atomic mass is 32.2. The highest BCUT2D eigenvalue weighted by Gasteiger charge is 2.36. The van der Waals surface area contributed by atoms with Crippen LogP contribution in [0.15, 0.2) is 155 Å². The van der Waals surface area contributed by atoms with Crippen molar-refractivity contribution in [2.24, 2.45) is 0 Å². The summed E-state index contributed by atoms with van der Waals surface area (Å²) in [7, 11) is -4.69. The minimum Gasteiger partial charge on any atom is -0.456 e. The predicted molar refractivity (Wildman–Crippen MR) is 270 cm³/mol. The van der Waals surface area contributed by atoms with Gasteiger partial charge in [-0.25, -0.2) is 0 Å². The Morgan fingerprint density at radius 3 is 1.63 bits per heavy atom. The molecule has 6 aromatic rings. The first kappa shape index (κ1) is 45.8. The van der Waals surface area contributed by atoms with Crippen molar-refractivity contribution in [1.82, 2.24) is 14.4 Å². The lowest BCUT2D eigenvalue weighted by Gasteiger charge is -2.29. The first-order chi connectivity index (χ1) is 33.7. The summed E-state index contributed by atoms with van der Waals surface area (Å²) in [4.78, 5) is 58.0. The van der Waals surface area contributed by atoms with Gasteiger partial charge in [0.25, 0.3) is 33.7 Å². The third-order valence-electron chi connectivity index (χ3n) is 13.4. The minimum absolute atomic E-state index is 0.199. The van der Waals surface area contributed by atoms with E-state index in [1.807, 2.05) is 100 Å². The van der Waals surface area contributed by atoms with Gasteiger partial charge in [0, 0.05) is 82.8 Å². The zero-order valence-electron chi connectivity index (χ0n) is 39.1. The van der Waals surface area contributed by atoms with Crippen LogP contribution in [0, 0.1) is 27.7 Å². The molecule has 3 heterocycles. The molecule has 1 aliphatic carbocycles. The highest BCUT2D eigenvalue weighted by molar-refractivity contribution is 7.86. The van der Waals surface area contributed by atoms with Crippen molar-refractivity contribution in [2.45, 2.75) is 45.4 Å². The molecule has 0 fully saturated rings. The quantitative estimate of drug-likeness (QED) is 0.0516.